The third kappa shape index (κ3) is 4.00. The van der Waals surface area contributed by atoms with Crippen LogP contribution < -0.4 is 5.32 Å². The Morgan fingerprint density at radius 2 is 2.07 bits per heavy atom. The van der Waals surface area contributed by atoms with Gasteiger partial charge in [0.25, 0.3) is 0 Å². The lowest BCUT2D eigenvalue weighted by atomic mass is 9.85. The molecule has 1 N–H and O–H groups in total. The van der Waals surface area contributed by atoms with E-state index in [1.165, 1.54) is 58.0 Å². The van der Waals surface area contributed by atoms with Crippen LogP contribution in [-0.4, -0.2) is 13.1 Å². The fourth-order valence-corrected chi connectivity index (χ4v) is 2.69. The lowest BCUT2D eigenvalue weighted by molar-refractivity contribution is 0.314. The van der Waals surface area contributed by atoms with E-state index in [0.29, 0.717) is 0 Å². The second-order valence-electron chi connectivity index (χ2n) is 4.77. The zero-order chi connectivity index (χ0) is 10.2. The predicted molar refractivity (Wildman–Crippen MR) is 63.5 cm³/mol. The maximum Gasteiger partial charge on any atom is -0.00174 e. The van der Waals surface area contributed by atoms with Crippen LogP contribution >= 0.6 is 0 Å². The largest absolute Gasteiger partial charge is 0.316 e. The number of unbranched alkanes of at least 4 members (excludes halogenated alkanes) is 3. The molecule has 84 valence electrons. The first-order chi connectivity index (χ1) is 6.88. The van der Waals surface area contributed by atoms with Crippen LogP contribution in [0.1, 0.15) is 58.8 Å². The highest BCUT2D eigenvalue weighted by Crippen LogP contribution is 2.27. The van der Waals surface area contributed by atoms with Crippen LogP contribution in [-0.2, 0) is 0 Å². The van der Waals surface area contributed by atoms with Crippen LogP contribution in [0.5, 0.6) is 0 Å². The number of nitrogens with one attached hydrogen (secondary N) is 1. The molecule has 0 aromatic carbocycles. The fourth-order valence-electron chi connectivity index (χ4n) is 2.69. The van der Waals surface area contributed by atoms with Gasteiger partial charge in [-0.3, -0.25) is 0 Å². The highest BCUT2D eigenvalue weighted by Gasteiger charge is 2.22. The molecule has 2 unspecified atom stereocenters. The van der Waals surface area contributed by atoms with Crippen molar-refractivity contribution in [2.24, 2.45) is 11.8 Å². The lowest BCUT2D eigenvalue weighted by Gasteiger charge is -2.21. The summed E-state index contributed by atoms with van der Waals surface area (Å²) in [6, 6.07) is 0. The summed E-state index contributed by atoms with van der Waals surface area (Å²) in [6.45, 7) is 7.20. The molecule has 1 rings (SSSR count). The third-order valence-corrected chi connectivity index (χ3v) is 3.72. The van der Waals surface area contributed by atoms with Gasteiger partial charge in [0, 0.05) is 0 Å². The average Bonchev–Trinajstić information content (AvgIpc) is 2.71. The molecule has 1 nitrogen and oxygen atoms in total. The van der Waals surface area contributed by atoms with Crippen molar-refractivity contribution in [3.05, 3.63) is 0 Å². The molecule has 1 aliphatic rings. The van der Waals surface area contributed by atoms with E-state index in [1.54, 1.807) is 0 Å². The summed E-state index contributed by atoms with van der Waals surface area (Å²) in [5, 5.41) is 3.49. The molecule has 1 heteroatoms. The van der Waals surface area contributed by atoms with Crippen molar-refractivity contribution in [3.8, 4) is 0 Å². The van der Waals surface area contributed by atoms with Crippen LogP contribution in [0.25, 0.3) is 0 Å². The Morgan fingerprint density at radius 3 is 2.64 bits per heavy atom. The van der Waals surface area contributed by atoms with Crippen molar-refractivity contribution >= 4 is 0 Å². The van der Waals surface area contributed by atoms with Gasteiger partial charge in [-0.2, -0.15) is 0 Å². The van der Waals surface area contributed by atoms with E-state index in [4.69, 9.17) is 0 Å². The normalized spacial score (nSPS) is 24.0. The molecule has 0 bridgehead atoms. The summed E-state index contributed by atoms with van der Waals surface area (Å²) in [5.41, 5.74) is 0. The number of rotatable bonds is 7. The molecule has 0 aromatic heterocycles. The average molecular weight is 197 g/mol. The van der Waals surface area contributed by atoms with Gasteiger partial charge in [0.1, 0.15) is 0 Å². The molecule has 1 heterocycles. The zero-order valence-corrected chi connectivity index (χ0v) is 10.0. The Bertz CT molecular complexity index is 127. The molecular weight excluding hydrogens is 170 g/mol. The smallest absolute Gasteiger partial charge is 0.00174 e. The molecular formula is C13H27N. The molecule has 0 radical (unpaired) electrons. The van der Waals surface area contributed by atoms with E-state index in [-0.39, 0.29) is 0 Å². The molecule has 1 saturated heterocycles. The van der Waals surface area contributed by atoms with E-state index >= 15 is 0 Å². The van der Waals surface area contributed by atoms with Gasteiger partial charge in [0.2, 0.25) is 0 Å². The predicted octanol–water partition coefficient (Wildman–Crippen LogP) is 3.59. The van der Waals surface area contributed by atoms with Crippen LogP contribution in [0.3, 0.4) is 0 Å². The fraction of sp³-hybridized carbons (Fsp3) is 1.00. The highest BCUT2D eigenvalue weighted by molar-refractivity contribution is 4.77. The minimum absolute atomic E-state index is 0.988. The molecule has 0 amide bonds. The van der Waals surface area contributed by atoms with Crippen LogP contribution in [0.15, 0.2) is 0 Å². The first-order valence-electron chi connectivity index (χ1n) is 6.59. The van der Waals surface area contributed by atoms with E-state index in [9.17, 15) is 0 Å². The molecule has 14 heavy (non-hydrogen) atoms. The highest BCUT2D eigenvalue weighted by atomic mass is 14.9. The Balaban J connectivity index is 2.11. The van der Waals surface area contributed by atoms with E-state index in [0.717, 1.165) is 11.8 Å². The first-order valence-corrected chi connectivity index (χ1v) is 6.59. The Labute approximate surface area is 89.7 Å². The second kappa shape index (κ2) is 7.28. The molecule has 0 spiro atoms. The van der Waals surface area contributed by atoms with Crippen molar-refractivity contribution in [2.75, 3.05) is 13.1 Å². The Hall–Kier alpha value is -0.0400. The van der Waals surface area contributed by atoms with Gasteiger partial charge in [-0.15, -0.1) is 0 Å². The summed E-state index contributed by atoms with van der Waals surface area (Å²) >= 11 is 0. The van der Waals surface area contributed by atoms with Gasteiger partial charge < -0.3 is 5.32 Å². The van der Waals surface area contributed by atoms with Crippen molar-refractivity contribution in [1.82, 2.24) is 5.32 Å². The van der Waals surface area contributed by atoms with Crippen molar-refractivity contribution in [3.63, 3.8) is 0 Å². The van der Waals surface area contributed by atoms with Crippen LogP contribution in [0, 0.1) is 11.8 Å². The van der Waals surface area contributed by atoms with Gasteiger partial charge in [0.15, 0.2) is 0 Å². The Kier molecular flexibility index (Phi) is 6.25. The first kappa shape index (κ1) is 12.0. The lowest BCUT2D eigenvalue weighted by Crippen LogP contribution is -2.17. The van der Waals surface area contributed by atoms with Gasteiger partial charge in [0.05, 0.1) is 0 Å². The second-order valence-corrected chi connectivity index (χ2v) is 4.77. The van der Waals surface area contributed by atoms with Crippen molar-refractivity contribution in [2.45, 2.75) is 58.8 Å². The summed E-state index contributed by atoms with van der Waals surface area (Å²) in [6.07, 6.45) is 9.99. The summed E-state index contributed by atoms with van der Waals surface area (Å²) in [7, 11) is 0. The number of hydrogen-bond donors (Lipinski definition) is 1. The maximum atomic E-state index is 3.49. The molecule has 1 fully saturated rings. The minimum Gasteiger partial charge on any atom is -0.316 e. The molecule has 0 aromatic rings. The minimum atomic E-state index is 0.988. The topological polar surface area (TPSA) is 12.0 Å². The SMILES string of the molecule is CCCCCCC(CC)C1CCNC1. The molecule has 2 atom stereocenters. The van der Waals surface area contributed by atoms with Gasteiger partial charge in [-0.1, -0.05) is 52.4 Å². The van der Waals surface area contributed by atoms with Crippen molar-refractivity contribution < 1.29 is 0 Å². The van der Waals surface area contributed by atoms with Gasteiger partial charge in [-0.05, 0) is 31.3 Å². The van der Waals surface area contributed by atoms with E-state index in [1.807, 2.05) is 0 Å². The quantitative estimate of drug-likeness (QED) is 0.615. The van der Waals surface area contributed by atoms with Crippen molar-refractivity contribution in [1.29, 1.82) is 0 Å². The van der Waals surface area contributed by atoms with E-state index < -0.39 is 0 Å². The zero-order valence-electron chi connectivity index (χ0n) is 10.0. The summed E-state index contributed by atoms with van der Waals surface area (Å²) in [4.78, 5) is 0. The van der Waals surface area contributed by atoms with E-state index in [2.05, 4.69) is 19.2 Å². The summed E-state index contributed by atoms with van der Waals surface area (Å²) < 4.78 is 0. The Morgan fingerprint density at radius 1 is 1.21 bits per heavy atom. The summed E-state index contributed by atoms with van der Waals surface area (Å²) in [5.74, 6) is 1.99. The van der Waals surface area contributed by atoms with Gasteiger partial charge in [-0.25, -0.2) is 0 Å². The third-order valence-electron chi connectivity index (χ3n) is 3.72. The van der Waals surface area contributed by atoms with Crippen LogP contribution in [0.4, 0.5) is 0 Å². The molecule has 0 saturated carbocycles. The monoisotopic (exact) mass is 197 g/mol. The molecule has 1 aliphatic heterocycles. The molecule has 0 aliphatic carbocycles. The standard InChI is InChI=1S/C13H27N/c1-3-5-6-7-8-12(4-2)13-9-10-14-11-13/h12-14H,3-11H2,1-2H3. The van der Waals surface area contributed by atoms with Crippen LogP contribution in [0.2, 0.25) is 0 Å². The number of hydrogen-bond acceptors (Lipinski definition) is 1. The maximum absolute atomic E-state index is 3.49. The van der Waals surface area contributed by atoms with Gasteiger partial charge >= 0.3 is 0 Å².